The van der Waals surface area contributed by atoms with Gasteiger partial charge in [0, 0.05) is 11.8 Å². The van der Waals surface area contributed by atoms with E-state index in [1.54, 1.807) is 24.4 Å². The summed E-state index contributed by atoms with van der Waals surface area (Å²) in [5, 5.41) is 0. The summed E-state index contributed by atoms with van der Waals surface area (Å²) in [6.07, 6.45) is 1.72. The fourth-order valence-corrected chi connectivity index (χ4v) is 1.96. The molecule has 0 aliphatic heterocycles. The van der Waals surface area contributed by atoms with Crippen molar-refractivity contribution in [3.05, 3.63) is 52.3 Å². The second-order valence-electron chi connectivity index (χ2n) is 3.89. The molecule has 0 aliphatic carbocycles. The minimum absolute atomic E-state index is 0.0276. The van der Waals surface area contributed by atoms with Gasteiger partial charge in [-0.05, 0) is 60.1 Å². The topological polar surface area (TPSA) is 39.2 Å². The number of halogens is 1. The molecule has 1 aromatic heterocycles. The van der Waals surface area contributed by atoms with Crippen molar-refractivity contribution in [1.29, 1.82) is 0 Å². The number of benzene rings is 1. The molecule has 92 valence electrons. The first-order valence-electron chi connectivity index (χ1n) is 5.48. The van der Waals surface area contributed by atoms with Crippen LogP contribution in [0, 0.1) is 6.92 Å². The maximum Gasteiger partial charge on any atom is 0.159 e. The Labute approximate surface area is 114 Å². The quantitative estimate of drug-likeness (QED) is 0.800. The average molecular weight is 306 g/mol. The third kappa shape index (κ3) is 2.76. The molecule has 0 N–H and O–H groups in total. The van der Waals surface area contributed by atoms with Gasteiger partial charge in [-0.1, -0.05) is 0 Å². The molecule has 0 unspecified atom stereocenters. The highest BCUT2D eigenvalue weighted by atomic mass is 79.9. The van der Waals surface area contributed by atoms with Crippen molar-refractivity contribution in [3.8, 4) is 11.5 Å². The zero-order chi connectivity index (χ0) is 13.1. The first-order chi connectivity index (χ1) is 8.58. The first kappa shape index (κ1) is 12.8. The van der Waals surface area contributed by atoms with Crippen molar-refractivity contribution in [1.82, 2.24) is 4.98 Å². The van der Waals surface area contributed by atoms with E-state index in [4.69, 9.17) is 4.74 Å². The van der Waals surface area contributed by atoms with E-state index in [1.807, 2.05) is 19.1 Å². The van der Waals surface area contributed by atoms with Crippen LogP contribution in [-0.4, -0.2) is 10.8 Å². The smallest absolute Gasteiger partial charge is 0.159 e. The van der Waals surface area contributed by atoms with Crippen molar-refractivity contribution < 1.29 is 9.53 Å². The number of pyridine rings is 1. The second kappa shape index (κ2) is 5.31. The number of Topliss-reactive ketones (excluding diaryl/α,β-unsaturated/α-hetero) is 1. The average Bonchev–Trinajstić information content (AvgIpc) is 2.34. The van der Waals surface area contributed by atoms with Crippen LogP contribution in [0.2, 0.25) is 0 Å². The summed E-state index contributed by atoms with van der Waals surface area (Å²) in [5.41, 5.74) is 1.47. The molecule has 1 aromatic carbocycles. The van der Waals surface area contributed by atoms with Crippen LogP contribution in [0.5, 0.6) is 11.5 Å². The summed E-state index contributed by atoms with van der Waals surface area (Å²) in [6.45, 7) is 3.42. The molecule has 0 radical (unpaired) electrons. The van der Waals surface area contributed by atoms with Gasteiger partial charge in [-0.3, -0.25) is 9.78 Å². The number of rotatable bonds is 3. The Balaban J connectivity index is 2.30. The van der Waals surface area contributed by atoms with Crippen molar-refractivity contribution in [2.75, 3.05) is 0 Å². The largest absolute Gasteiger partial charge is 0.454 e. The fourth-order valence-electron chi connectivity index (χ4n) is 1.50. The number of aryl methyl sites for hydroxylation is 1. The SMILES string of the molecule is CC(=O)c1ccc(Oc2cccnc2C)c(Br)c1. The van der Waals surface area contributed by atoms with E-state index in [0.29, 0.717) is 17.1 Å². The number of ketones is 1. The molecule has 3 nitrogen and oxygen atoms in total. The van der Waals surface area contributed by atoms with Gasteiger partial charge in [-0.2, -0.15) is 0 Å². The number of carbonyl (C=O) groups excluding carboxylic acids is 1. The van der Waals surface area contributed by atoms with Gasteiger partial charge in [0.15, 0.2) is 5.78 Å². The standard InChI is InChI=1S/C14H12BrNO2/c1-9-13(4-3-7-16-9)18-14-6-5-11(10(2)17)8-12(14)15/h3-8H,1-2H3. The van der Waals surface area contributed by atoms with E-state index in [9.17, 15) is 4.79 Å². The summed E-state index contributed by atoms with van der Waals surface area (Å²) in [7, 11) is 0. The predicted octanol–water partition coefficient (Wildman–Crippen LogP) is 4.15. The minimum Gasteiger partial charge on any atom is -0.454 e. The van der Waals surface area contributed by atoms with Crippen molar-refractivity contribution >= 4 is 21.7 Å². The van der Waals surface area contributed by atoms with Gasteiger partial charge in [0.2, 0.25) is 0 Å². The van der Waals surface area contributed by atoms with Crippen LogP contribution < -0.4 is 4.74 Å². The number of carbonyl (C=O) groups is 1. The molecule has 0 saturated heterocycles. The Morgan fingerprint density at radius 2 is 2.06 bits per heavy atom. The van der Waals surface area contributed by atoms with Gasteiger partial charge in [0.05, 0.1) is 10.2 Å². The van der Waals surface area contributed by atoms with E-state index >= 15 is 0 Å². The van der Waals surface area contributed by atoms with Gasteiger partial charge in [0.1, 0.15) is 11.5 Å². The number of hydrogen-bond acceptors (Lipinski definition) is 3. The molecule has 0 aliphatic rings. The third-order valence-corrected chi connectivity index (χ3v) is 3.14. The maximum atomic E-state index is 11.2. The van der Waals surface area contributed by atoms with Crippen LogP contribution in [0.1, 0.15) is 23.0 Å². The number of hydrogen-bond donors (Lipinski definition) is 0. The second-order valence-corrected chi connectivity index (χ2v) is 4.74. The van der Waals surface area contributed by atoms with Gasteiger partial charge in [-0.25, -0.2) is 0 Å². The number of aromatic nitrogens is 1. The number of nitrogens with zero attached hydrogens (tertiary/aromatic N) is 1. The molecule has 0 spiro atoms. The zero-order valence-corrected chi connectivity index (χ0v) is 11.7. The van der Waals surface area contributed by atoms with Crippen LogP contribution in [0.4, 0.5) is 0 Å². The summed E-state index contributed by atoms with van der Waals surface area (Å²) in [5.74, 6) is 1.39. The molecule has 4 heteroatoms. The molecule has 18 heavy (non-hydrogen) atoms. The van der Waals surface area contributed by atoms with Crippen molar-refractivity contribution in [2.45, 2.75) is 13.8 Å². The maximum absolute atomic E-state index is 11.2. The van der Waals surface area contributed by atoms with Crippen LogP contribution in [0.25, 0.3) is 0 Å². The predicted molar refractivity (Wildman–Crippen MR) is 73.2 cm³/mol. The lowest BCUT2D eigenvalue weighted by Crippen LogP contribution is -1.94. The van der Waals surface area contributed by atoms with Crippen LogP contribution in [0.3, 0.4) is 0 Å². The normalized spacial score (nSPS) is 10.2. The molecular weight excluding hydrogens is 294 g/mol. The summed E-state index contributed by atoms with van der Waals surface area (Å²) in [4.78, 5) is 15.4. The highest BCUT2D eigenvalue weighted by molar-refractivity contribution is 9.10. The lowest BCUT2D eigenvalue weighted by atomic mass is 10.1. The van der Waals surface area contributed by atoms with Crippen LogP contribution in [-0.2, 0) is 0 Å². The van der Waals surface area contributed by atoms with E-state index < -0.39 is 0 Å². The monoisotopic (exact) mass is 305 g/mol. The highest BCUT2D eigenvalue weighted by Crippen LogP contribution is 2.31. The minimum atomic E-state index is 0.0276. The van der Waals surface area contributed by atoms with E-state index in [0.717, 1.165) is 10.2 Å². The van der Waals surface area contributed by atoms with Crippen molar-refractivity contribution in [3.63, 3.8) is 0 Å². The molecule has 2 rings (SSSR count). The Bertz CT molecular complexity index is 596. The van der Waals surface area contributed by atoms with Gasteiger partial charge >= 0.3 is 0 Å². The van der Waals surface area contributed by atoms with E-state index in [2.05, 4.69) is 20.9 Å². The van der Waals surface area contributed by atoms with Crippen molar-refractivity contribution in [2.24, 2.45) is 0 Å². The van der Waals surface area contributed by atoms with Crippen LogP contribution >= 0.6 is 15.9 Å². The summed E-state index contributed by atoms with van der Waals surface area (Å²) < 4.78 is 6.50. The van der Waals surface area contributed by atoms with E-state index in [-0.39, 0.29) is 5.78 Å². The molecule has 0 bridgehead atoms. The lowest BCUT2D eigenvalue weighted by molar-refractivity contribution is 0.101. The Kier molecular flexibility index (Phi) is 3.77. The molecule has 0 fully saturated rings. The molecular formula is C14H12BrNO2. The van der Waals surface area contributed by atoms with Gasteiger partial charge in [0.25, 0.3) is 0 Å². The Morgan fingerprint density at radius 1 is 1.28 bits per heavy atom. The zero-order valence-electron chi connectivity index (χ0n) is 10.1. The third-order valence-electron chi connectivity index (χ3n) is 2.52. The first-order valence-corrected chi connectivity index (χ1v) is 6.27. The molecule has 0 atom stereocenters. The fraction of sp³-hybridized carbons (Fsp3) is 0.143. The Morgan fingerprint density at radius 3 is 2.67 bits per heavy atom. The molecule has 1 heterocycles. The summed E-state index contributed by atoms with van der Waals surface area (Å²) in [6, 6.07) is 8.94. The van der Waals surface area contributed by atoms with Gasteiger partial charge in [-0.15, -0.1) is 0 Å². The Hall–Kier alpha value is -1.68. The lowest BCUT2D eigenvalue weighted by Gasteiger charge is -2.10. The van der Waals surface area contributed by atoms with Crippen LogP contribution in [0.15, 0.2) is 41.0 Å². The molecule has 0 saturated carbocycles. The van der Waals surface area contributed by atoms with Gasteiger partial charge < -0.3 is 4.74 Å². The highest BCUT2D eigenvalue weighted by Gasteiger charge is 2.08. The molecule has 2 aromatic rings. The molecule has 0 amide bonds. The van der Waals surface area contributed by atoms with E-state index in [1.165, 1.54) is 6.92 Å². The number of ether oxygens (including phenoxy) is 1. The summed E-state index contributed by atoms with van der Waals surface area (Å²) >= 11 is 3.40.